The fourth-order valence-corrected chi connectivity index (χ4v) is 6.20. The number of aliphatic carboxylic acids is 1. The lowest BCUT2D eigenvalue weighted by Gasteiger charge is -2.32. The van der Waals surface area contributed by atoms with Crippen molar-refractivity contribution in [1.29, 1.82) is 0 Å². The van der Waals surface area contributed by atoms with Gasteiger partial charge in [0, 0.05) is 36.4 Å². The van der Waals surface area contributed by atoms with E-state index >= 15 is 0 Å². The summed E-state index contributed by atoms with van der Waals surface area (Å²) in [5.74, 6) is -0.241. The molecule has 1 aromatic heterocycles. The fourth-order valence-electron chi connectivity index (χ4n) is 4.49. The van der Waals surface area contributed by atoms with Gasteiger partial charge in [0.1, 0.15) is 12.3 Å². The van der Waals surface area contributed by atoms with E-state index in [1.54, 1.807) is 35.8 Å². The molecular weight excluding hydrogens is 524 g/mol. The minimum Gasteiger partial charge on any atom is -0.495 e. The van der Waals surface area contributed by atoms with Crippen LogP contribution in [-0.4, -0.2) is 47.6 Å². The molecule has 0 spiro atoms. The van der Waals surface area contributed by atoms with Gasteiger partial charge in [-0.2, -0.15) is 4.31 Å². The predicted molar refractivity (Wildman–Crippen MR) is 155 cm³/mol. The van der Waals surface area contributed by atoms with Gasteiger partial charge in [-0.05, 0) is 81.4 Å². The quantitative estimate of drug-likeness (QED) is 0.168. The third-order valence-corrected chi connectivity index (χ3v) is 8.46. The average Bonchev–Trinajstić information content (AvgIpc) is 3.11. The Bertz CT molecular complexity index is 1260. The van der Waals surface area contributed by atoms with Gasteiger partial charge in [0.2, 0.25) is 10.0 Å². The third-order valence-electron chi connectivity index (χ3n) is 6.25. The maximum absolute atomic E-state index is 13.6. The van der Waals surface area contributed by atoms with Crippen molar-refractivity contribution in [3.05, 3.63) is 88.3 Å². The smallest absolute Gasteiger partial charge is 0.323 e. The second kappa shape index (κ2) is 13.8. The maximum Gasteiger partial charge on any atom is 0.323 e. The molecule has 0 unspecified atom stereocenters. The number of allylic oxidation sites excluding steroid dienone is 6. The summed E-state index contributed by atoms with van der Waals surface area (Å²) in [6.45, 7) is 19.2. The summed E-state index contributed by atoms with van der Waals surface area (Å²) < 4.78 is 36.1. The van der Waals surface area contributed by atoms with E-state index in [9.17, 15) is 18.3 Å². The molecule has 9 heteroatoms. The first-order valence-corrected chi connectivity index (χ1v) is 14.4. The van der Waals surface area contributed by atoms with E-state index in [1.165, 1.54) is 4.31 Å². The molecule has 1 aliphatic heterocycles. The number of piperidine rings is 1. The molecular formula is C29H39ClN2O5S. The molecule has 0 amide bonds. The number of carboxylic acids is 1. The van der Waals surface area contributed by atoms with Crippen molar-refractivity contribution < 1.29 is 23.1 Å². The monoisotopic (exact) mass is 562 g/mol. The second-order valence-corrected chi connectivity index (χ2v) is 12.1. The molecule has 1 fully saturated rings. The highest BCUT2D eigenvalue weighted by molar-refractivity contribution is 7.93. The van der Waals surface area contributed by atoms with Crippen molar-refractivity contribution >= 4 is 33.7 Å². The summed E-state index contributed by atoms with van der Waals surface area (Å²) in [5, 5.41) is 9.68. The number of rotatable bonds is 13. The minimum atomic E-state index is -3.78. The molecule has 1 aliphatic rings. The van der Waals surface area contributed by atoms with Crippen LogP contribution in [0.5, 0.6) is 0 Å². The number of hydrogen-bond donors (Lipinski definition) is 1. The summed E-state index contributed by atoms with van der Waals surface area (Å²) >= 11 is 5.94. The zero-order valence-electron chi connectivity index (χ0n) is 22.7. The van der Waals surface area contributed by atoms with E-state index in [2.05, 4.69) is 19.7 Å². The SMILES string of the molecule is C=CC/C(=C\C=C(/C(=C)C)S(=O)(=O)N1CCC(c2cn(CC(=O)O)c(C)c2/C=C\C(=C)Cl)CC1)OC(C)C. The summed E-state index contributed by atoms with van der Waals surface area (Å²) in [6.07, 6.45) is 11.9. The normalized spacial score (nSPS) is 16.3. The van der Waals surface area contributed by atoms with Crippen molar-refractivity contribution in [3.63, 3.8) is 0 Å². The van der Waals surface area contributed by atoms with Crippen LogP contribution >= 0.6 is 11.6 Å². The Morgan fingerprint density at radius 1 is 1.26 bits per heavy atom. The van der Waals surface area contributed by atoms with Crippen LogP contribution in [0.25, 0.3) is 6.08 Å². The second-order valence-electron chi connectivity index (χ2n) is 9.67. The van der Waals surface area contributed by atoms with Gasteiger partial charge in [-0.1, -0.05) is 36.9 Å². The number of carboxylic acid groups (broad SMARTS) is 1. The number of sulfonamides is 1. The molecule has 0 radical (unpaired) electrons. The van der Waals surface area contributed by atoms with Gasteiger partial charge in [0.05, 0.1) is 11.0 Å². The average molecular weight is 563 g/mol. The molecule has 0 saturated carbocycles. The number of halogens is 1. The molecule has 2 rings (SSSR count). The predicted octanol–water partition coefficient (Wildman–Crippen LogP) is 6.50. The molecule has 0 aliphatic carbocycles. The molecule has 1 N–H and O–H groups in total. The van der Waals surface area contributed by atoms with E-state index in [0.29, 0.717) is 48.7 Å². The Kier molecular flexibility index (Phi) is 11.4. The van der Waals surface area contributed by atoms with E-state index in [4.69, 9.17) is 16.3 Å². The highest BCUT2D eigenvalue weighted by Gasteiger charge is 2.33. The van der Waals surface area contributed by atoms with Gasteiger partial charge in [-0.25, -0.2) is 8.42 Å². The number of aromatic nitrogens is 1. The zero-order valence-corrected chi connectivity index (χ0v) is 24.3. The van der Waals surface area contributed by atoms with Crippen LogP contribution in [-0.2, 0) is 26.1 Å². The standard InChI is InChI=1S/C29H39ClN2O5S/c1-8-9-25(37-21(4)5)11-13-28(20(2)3)38(35,36)32-16-14-24(15-17-32)27-18-31(19-29(33)34)23(7)26(27)12-10-22(6)30/h8,10-13,18,21,24H,1-2,6,9,14-17,19H2,3-5,7H3,(H,33,34)/b12-10-,25-11+,28-13+. The lowest BCUT2D eigenvalue weighted by molar-refractivity contribution is -0.137. The van der Waals surface area contributed by atoms with Crippen LogP contribution in [0.1, 0.15) is 62.8 Å². The number of ether oxygens (including phenoxy) is 1. The molecule has 0 bridgehead atoms. The van der Waals surface area contributed by atoms with Gasteiger partial charge in [-0.3, -0.25) is 4.79 Å². The maximum atomic E-state index is 13.6. The summed E-state index contributed by atoms with van der Waals surface area (Å²) in [5.41, 5.74) is 3.13. The Labute approximate surface area is 232 Å². The first-order chi connectivity index (χ1) is 17.8. The third kappa shape index (κ3) is 8.35. The number of carbonyl (C=O) groups is 1. The van der Waals surface area contributed by atoms with Crippen molar-refractivity contribution in [2.24, 2.45) is 0 Å². The molecule has 0 aromatic carbocycles. The topological polar surface area (TPSA) is 88.8 Å². The molecule has 2 heterocycles. The van der Waals surface area contributed by atoms with Crippen LogP contribution in [0.4, 0.5) is 0 Å². The van der Waals surface area contributed by atoms with Gasteiger partial charge < -0.3 is 14.4 Å². The van der Waals surface area contributed by atoms with Crippen LogP contribution in [0.2, 0.25) is 0 Å². The number of hydrogen-bond acceptors (Lipinski definition) is 4. The number of nitrogens with zero attached hydrogens (tertiary/aromatic N) is 2. The van der Waals surface area contributed by atoms with Crippen LogP contribution in [0.3, 0.4) is 0 Å². The van der Waals surface area contributed by atoms with Crippen LogP contribution in [0, 0.1) is 6.92 Å². The molecule has 1 saturated heterocycles. The molecule has 0 atom stereocenters. The minimum absolute atomic E-state index is 0.0465. The molecule has 7 nitrogen and oxygen atoms in total. The van der Waals surface area contributed by atoms with E-state index in [1.807, 2.05) is 33.0 Å². The highest BCUT2D eigenvalue weighted by Crippen LogP contribution is 2.36. The largest absolute Gasteiger partial charge is 0.495 e. The van der Waals surface area contributed by atoms with Crippen LogP contribution < -0.4 is 0 Å². The fraction of sp³-hybridized carbons (Fsp3) is 0.414. The molecule has 38 heavy (non-hydrogen) atoms. The lowest BCUT2D eigenvalue weighted by atomic mass is 9.89. The Balaban J connectivity index is 2.33. The molecule has 1 aromatic rings. The van der Waals surface area contributed by atoms with Crippen molar-refractivity contribution in [2.75, 3.05) is 13.1 Å². The lowest BCUT2D eigenvalue weighted by Crippen LogP contribution is -2.38. The summed E-state index contributed by atoms with van der Waals surface area (Å²) in [6, 6.07) is 0. The Morgan fingerprint density at radius 2 is 1.89 bits per heavy atom. The van der Waals surface area contributed by atoms with E-state index in [-0.39, 0.29) is 23.5 Å². The Hall–Kier alpha value is -2.81. The van der Waals surface area contributed by atoms with Crippen LogP contribution in [0.15, 0.2) is 71.5 Å². The zero-order chi connectivity index (χ0) is 28.6. The van der Waals surface area contributed by atoms with Gasteiger partial charge >= 0.3 is 5.97 Å². The first-order valence-electron chi connectivity index (χ1n) is 12.6. The highest BCUT2D eigenvalue weighted by atomic mass is 35.5. The van der Waals surface area contributed by atoms with Crippen molar-refractivity contribution in [2.45, 2.75) is 65.5 Å². The van der Waals surface area contributed by atoms with Gasteiger partial charge in [0.15, 0.2) is 0 Å². The first kappa shape index (κ1) is 31.4. The Morgan fingerprint density at radius 3 is 2.39 bits per heavy atom. The van der Waals surface area contributed by atoms with E-state index in [0.717, 1.165) is 16.8 Å². The van der Waals surface area contributed by atoms with Gasteiger partial charge in [0.25, 0.3) is 0 Å². The molecule has 208 valence electrons. The van der Waals surface area contributed by atoms with Crippen molar-refractivity contribution in [1.82, 2.24) is 8.87 Å². The van der Waals surface area contributed by atoms with E-state index < -0.39 is 16.0 Å². The summed E-state index contributed by atoms with van der Waals surface area (Å²) in [4.78, 5) is 11.5. The van der Waals surface area contributed by atoms with Gasteiger partial charge in [-0.15, -0.1) is 6.58 Å². The van der Waals surface area contributed by atoms with Crippen molar-refractivity contribution in [3.8, 4) is 0 Å². The summed E-state index contributed by atoms with van der Waals surface area (Å²) in [7, 11) is -3.78.